The quantitative estimate of drug-likeness (QED) is 0.866. The van der Waals surface area contributed by atoms with Gasteiger partial charge in [-0.05, 0) is 12.5 Å². The van der Waals surface area contributed by atoms with Gasteiger partial charge >= 0.3 is 5.97 Å². The van der Waals surface area contributed by atoms with Crippen molar-refractivity contribution in [2.75, 3.05) is 0 Å². The predicted molar refractivity (Wildman–Crippen MR) is 59.6 cm³/mol. The van der Waals surface area contributed by atoms with E-state index in [0.717, 1.165) is 5.56 Å². The minimum Gasteiger partial charge on any atom is -0.481 e. The van der Waals surface area contributed by atoms with E-state index in [1.54, 1.807) is 0 Å². The summed E-state index contributed by atoms with van der Waals surface area (Å²) >= 11 is 0. The smallest absolute Gasteiger partial charge is 0.312 e. The fourth-order valence-electron chi connectivity index (χ4n) is 1.45. The van der Waals surface area contributed by atoms with Gasteiger partial charge in [0.05, 0.1) is 0 Å². The van der Waals surface area contributed by atoms with Crippen molar-refractivity contribution in [2.45, 2.75) is 19.8 Å². The van der Waals surface area contributed by atoms with Crippen LogP contribution < -0.4 is 0 Å². The molecule has 0 unspecified atom stereocenters. The number of aryl methyl sites for hydroxylation is 1. The molecule has 5 heteroatoms. The summed E-state index contributed by atoms with van der Waals surface area (Å²) in [6.07, 6.45) is 0.310. The van der Waals surface area contributed by atoms with Crippen LogP contribution >= 0.6 is 0 Å². The Labute approximate surface area is 98.1 Å². The Hall–Kier alpha value is -2.17. The van der Waals surface area contributed by atoms with E-state index in [2.05, 4.69) is 10.1 Å². The molecule has 1 heterocycles. The summed E-state index contributed by atoms with van der Waals surface area (Å²) in [4.78, 5) is 14.5. The van der Waals surface area contributed by atoms with Gasteiger partial charge in [-0.15, -0.1) is 0 Å². The van der Waals surface area contributed by atoms with Gasteiger partial charge in [0, 0.05) is 6.42 Å². The fourth-order valence-corrected chi connectivity index (χ4v) is 1.45. The SMILES string of the molecule is Cc1ccc(Cc2noc(CC(=O)O)n2)cc1. The van der Waals surface area contributed by atoms with Crippen LogP contribution in [0.25, 0.3) is 0 Å². The van der Waals surface area contributed by atoms with Crippen LogP contribution in [-0.4, -0.2) is 21.2 Å². The molecule has 2 aromatic rings. The molecular formula is C12H12N2O3. The summed E-state index contributed by atoms with van der Waals surface area (Å²) in [5.41, 5.74) is 2.26. The number of aliphatic carboxylic acids is 1. The van der Waals surface area contributed by atoms with Crippen molar-refractivity contribution in [2.24, 2.45) is 0 Å². The molecule has 2 rings (SSSR count). The van der Waals surface area contributed by atoms with Crippen molar-refractivity contribution in [3.05, 3.63) is 47.1 Å². The molecule has 0 saturated carbocycles. The first-order chi connectivity index (χ1) is 8.13. The molecule has 0 atom stereocenters. The van der Waals surface area contributed by atoms with Crippen LogP contribution in [0.5, 0.6) is 0 Å². The van der Waals surface area contributed by atoms with Gasteiger partial charge in [0.1, 0.15) is 6.42 Å². The minimum absolute atomic E-state index is 0.139. The number of nitrogens with zero attached hydrogens (tertiary/aromatic N) is 2. The number of carboxylic acid groups (broad SMARTS) is 1. The Morgan fingerprint density at radius 3 is 2.71 bits per heavy atom. The van der Waals surface area contributed by atoms with Crippen LogP contribution in [0.2, 0.25) is 0 Å². The zero-order valence-electron chi connectivity index (χ0n) is 9.38. The highest BCUT2D eigenvalue weighted by molar-refractivity contribution is 5.68. The van der Waals surface area contributed by atoms with Crippen LogP contribution in [-0.2, 0) is 17.6 Å². The van der Waals surface area contributed by atoms with Crippen LogP contribution in [0.4, 0.5) is 0 Å². The molecule has 0 aliphatic carbocycles. The van der Waals surface area contributed by atoms with Crippen LogP contribution in [0, 0.1) is 6.92 Å². The van der Waals surface area contributed by atoms with Gasteiger partial charge in [-0.1, -0.05) is 35.0 Å². The summed E-state index contributed by atoms with van der Waals surface area (Å²) in [7, 11) is 0. The standard InChI is InChI=1S/C12H12N2O3/c1-8-2-4-9(5-3-8)6-10-13-11(17-14-10)7-12(15)16/h2-5H,6-7H2,1H3,(H,15,16). The van der Waals surface area contributed by atoms with Gasteiger partial charge in [0.2, 0.25) is 5.89 Å². The van der Waals surface area contributed by atoms with Crippen molar-refractivity contribution < 1.29 is 14.4 Å². The molecule has 0 saturated heterocycles. The zero-order chi connectivity index (χ0) is 12.3. The van der Waals surface area contributed by atoms with E-state index in [1.165, 1.54) is 5.56 Å². The Kier molecular flexibility index (Phi) is 3.18. The highest BCUT2D eigenvalue weighted by atomic mass is 16.5. The molecule has 1 aromatic carbocycles. The molecule has 0 amide bonds. The van der Waals surface area contributed by atoms with Gasteiger partial charge in [0.25, 0.3) is 0 Å². The van der Waals surface area contributed by atoms with Crippen molar-refractivity contribution in [3.63, 3.8) is 0 Å². The molecule has 1 N–H and O–H groups in total. The van der Waals surface area contributed by atoms with Crippen molar-refractivity contribution in [3.8, 4) is 0 Å². The minimum atomic E-state index is -0.976. The normalized spacial score (nSPS) is 10.4. The van der Waals surface area contributed by atoms with Gasteiger partial charge in [-0.25, -0.2) is 0 Å². The van der Waals surface area contributed by atoms with Crippen molar-refractivity contribution in [1.29, 1.82) is 0 Å². The number of carboxylic acids is 1. The summed E-state index contributed by atoms with van der Waals surface area (Å²) in [5.74, 6) is -0.333. The topological polar surface area (TPSA) is 76.2 Å². The monoisotopic (exact) mass is 232 g/mol. The highest BCUT2D eigenvalue weighted by Gasteiger charge is 2.10. The first kappa shape index (κ1) is 11.3. The number of benzene rings is 1. The van der Waals surface area contributed by atoms with Gasteiger partial charge in [0.15, 0.2) is 5.82 Å². The number of rotatable bonds is 4. The maximum Gasteiger partial charge on any atom is 0.312 e. The van der Waals surface area contributed by atoms with E-state index in [9.17, 15) is 4.79 Å². The van der Waals surface area contributed by atoms with Crippen molar-refractivity contribution in [1.82, 2.24) is 10.1 Å². The van der Waals surface area contributed by atoms with Crippen LogP contribution in [0.3, 0.4) is 0 Å². The van der Waals surface area contributed by atoms with E-state index in [1.807, 2.05) is 31.2 Å². The number of aromatic nitrogens is 2. The van der Waals surface area contributed by atoms with E-state index in [4.69, 9.17) is 9.63 Å². The van der Waals surface area contributed by atoms with Gasteiger partial charge in [-0.2, -0.15) is 4.98 Å². The second-order valence-electron chi connectivity index (χ2n) is 3.84. The summed E-state index contributed by atoms with van der Waals surface area (Å²) in [6, 6.07) is 7.99. The van der Waals surface area contributed by atoms with Crippen molar-refractivity contribution >= 4 is 5.97 Å². The third-order valence-electron chi connectivity index (χ3n) is 2.30. The molecule has 0 fully saturated rings. The molecule has 0 spiro atoms. The molecule has 17 heavy (non-hydrogen) atoms. The number of hydrogen-bond donors (Lipinski definition) is 1. The fraction of sp³-hybridized carbons (Fsp3) is 0.250. The Balaban J connectivity index is 2.06. The molecule has 1 aromatic heterocycles. The Bertz CT molecular complexity index is 517. The van der Waals surface area contributed by atoms with Crippen LogP contribution in [0.15, 0.2) is 28.8 Å². The third-order valence-corrected chi connectivity index (χ3v) is 2.30. The molecule has 0 radical (unpaired) electrons. The predicted octanol–water partition coefficient (Wildman–Crippen LogP) is 1.60. The molecule has 0 bridgehead atoms. The highest BCUT2D eigenvalue weighted by Crippen LogP contribution is 2.08. The molecule has 0 aliphatic rings. The second kappa shape index (κ2) is 4.78. The number of carbonyl (C=O) groups is 1. The van der Waals surface area contributed by atoms with E-state index in [-0.39, 0.29) is 12.3 Å². The summed E-state index contributed by atoms with van der Waals surface area (Å²) < 4.78 is 4.83. The average molecular weight is 232 g/mol. The molecular weight excluding hydrogens is 220 g/mol. The van der Waals surface area contributed by atoms with E-state index >= 15 is 0 Å². The molecule has 88 valence electrons. The summed E-state index contributed by atoms with van der Waals surface area (Å²) in [6.45, 7) is 2.02. The average Bonchev–Trinajstić information content (AvgIpc) is 2.68. The largest absolute Gasteiger partial charge is 0.481 e. The van der Waals surface area contributed by atoms with Gasteiger partial charge < -0.3 is 9.63 Å². The Morgan fingerprint density at radius 1 is 1.35 bits per heavy atom. The first-order valence-corrected chi connectivity index (χ1v) is 5.22. The maximum atomic E-state index is 10.4. The van der Waals surface area contributed by atoms with E-state index in [0.29, 0.717) is 12.2 Å². The first-order valence-electron chi connectivity index (χ1n) is 5.22. The lowest BCUT2D eigenvalue weighted by Crippen LogP contribution is -2.00. The third kappa shape index (κ3) is 3.14. The van der Waals surface area contributed by atoms with E-state index < -0.39 is 5.97 Å². The van der Waals surface area contributed by atoms with Crippen LogP contribution in [0.1, 0.15) is 22.8 Å². The lowest BCUT2D eigenvalue weighted by atomic mass is 10.1. The molecule has 0 aliphatic heterocycles. The van der Waals surface area contributed by atoms with Gasteiger partial charge in [-0.3, -0.25) is 4.79 Å². The number of hydrogen-bond acceptors (Lipinski definition) is 4. The Morgan fingerprint density at radius 2 is 2.06 bits per heavy atom. The summed E-state index contributed by atoms with van der Waals surface area (Å²) in [5, 5.41) is 12.3. The lowest BCUT2D eigenvalue weighted by molar-refractivity contribution is -0.136. The lowest BCUT2D eigenvalue weighted by Gasteiger charge is -1.96. The second-order valence-corrected chi connectivity index (χ2v) is 3.84. The molecule has 5 nitrogen and oxygen atoms in total. The maximum absolute atomic E-state index is 10.4. The zero-order valence-corrected chi connectivity index (χ0v) is 9.38.